The van der Waals surface area contributed by atoms with Crippen molar-refractivity contribution in [3.63, 3.8) is 0 Å². The molecule has 1 aliphatic heterocycles. The molecule has 7 nitrogen and oxygen atoms in total. The molecule has 1 aliphatic carbocycles. The van der Waals surface area contributed by atoms with Crippen molar-refractivity contribution in [3.05, 3.63) is 0 Å². The van der Waals surface area contributed by atoms with E-state index in [2.05, 4.69) is 10.5 Å². The Morgan fingerprint density at radius 1 is 1.42 bits per heavy atom. The van der Waals surface area contributed by atoms with E-state index in [0.717, 1.165) is 12.8 Å². The first kappa shape index (κ1) is 13.6. The van der Waals surface area contributed by atoms with Crippen LogP contribution in [0.15, 0.2) is 5.16 Å². The van der Waals surface area contributed by atoms with Crippen molar-refractivity contribution in [2.45, 2.75) is 38.1 Å². The number of amides is 2. The number of hydrogen-bond donors (Lipinski definition) is 3. The maximum Gasteiger partial charge on any atom is 0.242 e. The molecule has 1 saturated heterocycles. The molecule has 2 fully saturated rings. The SMILES string of the molecule is CNC(=O)C1CCCN1C(=O)C1(C(N)=NO)CCC1. The number of carbonyl (C=O) groups excluding carboxylic acids is 2. The van der Waals surface area contributed by atoms with Crippen molar-refractivity contribution in [1.29, 1.82) is 0 Å². The monoisotopic (exact) mass is 268 g/mol. The smallest absolute Gasteiger partial charge is 0.242 e. The molecule has 2 rings (SSSR count). The fourth-order valence-corrected chi connectivity index (χ4v) is 2.93. The molecule has 106 valence electrons. The van der Waals surface area contributed by atoms with Gasteiger partial charge in [-0.25, -0.2) is 0 Å². The van der Waals surface area contributed by atoms with E-state index in [-0.39, 0.29) is 17.6 Å². The van der Waals surface area contributed by atoms with Gasteiger partial charge in [-0.15, -0.1) is 0 Å². The van der Waals surface area contributed by atoms with E-state index in [9.17, 15) is 9.59 Å². The standard InChI is InChI=1S/C12H20N4O3/c1-14-9(17)8-4-2-7-16(8)11(18)12(5-3-6-12)10(13)15-19/h8,19H,2-7H2,1H3,(H2,13,15)(H,14,17). The van der Waals surface area contributed by atoms with Crippen LogP contribution in [0, 0.1) is 5.41 Å². The van der Waals surface area contributed by atoms with Gasteiger partial charge >= 0.3 is 0 Å². The lowest BCUT2D eigenvalue weighted by atomic mass is 9.66. The average Bonchev–Trinajstić information content (AvgIpc) is 2.85. The number of hydrogen-bond acceptors (Lipinski definition) is 4. The van der Waals surface area contributed by atoms with Gasteiger partial charge < -0.3 is 21.2 Å². The molecule has 0 aromatic rings. The number of likely N-dealkylation sites (tertiary alicyclic amines) is 1. The Hall–Kier alpha value is -1.79. The summed E-state index contributed by atoms with van der Waals surface area (Å²) in [6.45, 7) is 0.553. The summed E-state index contributed by atoms with van der Waals surface area (Å²) in [5.41, 5.74) is 4.79. The average molecular weight is 268 g/mol. The lowest BCUT2D eigenvalue weighted by Crippen LogP contribution is -2.58. The van der Waals surface area contributed by atoms with Crippen LogP contribution >= 0.6 is 0 Å². The van der Waals surface area contributed by atoms with Crippen molar-refractivity contribution in [2.75, 3.05) is 13.6 Å². The highest BCUT2D eigenvalue weighted by atomic mass is 16.4. The second-order valence-corrected chi connectivity index (χ2v) is 5.19. The zero-order valence-electron chi connectivity index (χ0n) is 11.1. The largest absolute Gasteiger partial charge is 0.409 e. The van der Waals surface area contributed by atoms with Gasteiger partial charge in [0.25, 0.3) is 0 Å². The molecule has 1 unspecified atom stereocenters. The lowest BCUT2D eigenvalue weighted by Gasteiger charge is -2.42. The minimum absolute atomic E-state index is 0.0358. The molecule has 7 heteroatoms. The summed E-state index contributed by atoms with van der Waals surface area (Å²) in [6, 6.07) is -0.429. The minimum Gasteiger partial charge on any atom is -0.409 e. The molecule has 0 spiro atoms. The Morgan fingerprint density at radius 2 is 2.11 bits per heavy atom. The van der Waals surface area contributed by atoms with Gasteiger partial charge in [-0.1, -0.05) is 11.6 Å². The fourth-order valence-electron chi connectivity index (χ4n) is 2.93. The zero-order valence-corrected chi connectivity index (χ0v) is 11.1. The Labute approximate surface area is 111 Å². The molecular weight excluding hydrogens is 248 g/mol. The third-order valence-corrected chi connectivity index (χ3v) is 4.28. The van der Waals surface area contributed by atoms with E-state index in [4.69, 9.17) is 10.9 Å². The molecule has 0 radical (unpaired) electrons. The van der Waals surface area contributed by atoms with Crippen LogP contribution in [0.4, 0.5) is 0 Å². The molecule has 0 aromatic heterocycles. The van der Waals surface area contributed by atoms with E-state index >= 15 is 0 Å². The fraction of sp³-hybridized carbons (Fsp3) is 0.750. The Balaban J connectivity index is 2.21. The summed E-state index contributed by atoms with van der Waals surface area (Å²) in [6.07, 6.45) is 3.51. The van der Waals surface area contributed by atoms with Gasteiger partial charge in [0.05, 0.1) is 0 Å². The third kappa shape index (κ3) is 2.02. The number of likely N-dealkylation sites (N-methyl/N-ethyl adjacent to an activating group) is 1. The quantitative estimate of drug-likeness (QED) is 0.281. The lowest BCUT2D eigenvalue weighted by molar-refractivity contribution is -0.146. The topological polar surface area (TPSA) is 108 Å². The molecule has 1 heterocycles. The maximum absolute atomic E-state index is 12.7. The summed E-state index contributed by atoms with van der Waals surface area (Å²) in [7, 11) is 1.56. The van der Waals surface area contributed by atoms with Crippen LogP contribution in [0.5, 0.6) is 0 Å². The number of oxime groups is 1. The first-order valence-corrected chi connectivity index (χ1v) is 6.57. The summed E-state index contributed by atoms with van der Waals surface area (Å²) >= 11 is 0. The maximum atomic E-state index is 12.7. The number of nitrogens with two attached hydrogens (primary N) is 1. The molecular formula is C12H20N4O3. The van der Waals surface area contributed by atoms with Crippen LogP contribution in [0.25, 0.3) is 0 Å². The second kappa shape index (κ2) is 5.07. The molecule has 1 saturated carbocycles. The molecule has 2 amide bonds. The van der Waals surface area contributed by atoms with Gasteiger partial charge in [-0.05, 0) is 25.7 Å². The van der Waals surface area contributed by atoms with Gasteiger partial charge in [0.2, 0.25) is 11.8 Å². The Morgan fingerprint density at radius 3 is 2.58 bits per heavy atom. The van der Waals surface area contributed by atoms with E-state index in [1.54, 1.807) is 11.9 Å². The van der Waals surface area contributed by atoms with Crippen LogP contribution < -0.4 is 11.1 Å². The molecule has 2 aliphatic rings. The van der Waals surface area contributed by atoms with Crippen molar-refractivity contribution in [3.8, 4) is 0 Å². The number of nitrogens with zero attached hydrogens (tertiary/aromatic N) is 2. The molecule has 4 N–H and O–H groups in total. The van der Waals surface area contributed by atoms with Crippen molar-refractivity contribution < 1.29 is 14.8 Å². The van der Waals surface area contributed by atoms with Crippen LogP contribution in [0.2, 0.25) is 0 Å². The number of amidine groups is 1. The van der Waals surface area contributed by atoms with Crippen molar-refractivity contribution in [2.24, 2.45) is 16.3 Å². The predicted octanol–water partition coefficient (Wildman–Crippen LogP) is -0.360. The van der Waals surface area contributed by atoms with Crippen LogP contribution in [-0.4, -0.2) is 47.4 Å². The number of nitrogens with one attached hydrogen (secondary N) is 1. The van der Waals surface area contributed by atoms with Gasteiger partial charge in [0, 0.05) is 13.6 Å². The molecule has 0 bridgehead atoms. The van der Waals surface area contributed by atoms with Crippen molar-refractivity contribution in [1.82, 2.24) is 10.2 Å². The van der Waals surface area contributed by atoms with Gasteiger partial charge in [-0.3, -0.25) is 9.59 Å². The summed E-state index contributed by atoms with van der Waals surface area (Å²) in [5, 5.41) is 14.5. The van der Waals surface area contributed by atoms with Crippen LogP contribution in [0.3, 0.4) is 0 Å². The third-order valence-electron chi connectivity index (χ3n) is 4.28. The number of carbonyl (C=O) groups is 2. The Bertz CT molecular complexity index is 417. The predicted molar refractivity (Wildman–Crippen MR) is 68.5 cm³/mol. The molecule has 1 atom stereocenters. The van der Waals surface area contributed by atoms with Gasteiger partial charge in [-0.2, -0.15) is 0 Å². The highest BCUT2D eigenvalue weighted by Gasteiger charge is 2.52. The zero-order chi connectivity index (χ0) is 14.0. The Kier molecular flexibility index (Phi) is 3.64. The van der Waals surface area contributed by atoms with Gasteiger partial charge in [0.15, 0.2) is 5.84 Å². The minimum atomic E-state index is -0.897. The van der Waals surface area contributed by atoms with Crippen LogP contribution in [0.1, 0.15) is 32.1 Å². The normalized spacial score (nSPS) is 25.8. The second-order valence-electron chi connectivity index (χ2n) is 5.19. The summed E-state index contributed by atoms with van der Waals surface area (Å²) in [4.78, 5) is 26.0. The number of rotatable bonds is 3. The van der Waals surface area contributed by atoms with Gasteiger partial charge in [0.1, 0.15) is 11.5 Å². The molecule has 19 heavy (non-hydrogen) atoms. The summed E-state index contributed by atoms with van der Waals surface area (Å²) in [5.74, 6) is -0.369. The van der Waals surface area contributed by atoms with E-state index in [1.165, 1.54) is 0 Å². The highest BCUT2D eigenvalue weighted by Crippen LogP contribution is 2.44. The first-order chi connectivity index (χ1) is 9.06. The highest BCUT2D eigenvalue weighted by molar-refractivity contribution is 6.08. The summed E-state index contributed by atoms with van der Waals surface area (Å²) < 4.78 is 0. The van der Waals surface area contributed by atoms with E-state index < -0.39 is 11.5 Å². The van der Waals surface area contributed by atoms with E-state index in [1.807, 2.05) is 0 Å². The van der Waals surface area contributed by atoms with Crippen LogP contribution in [-0.2, 0) is 9.59 Å². The molecule has 0 aromatic carbocycles. The first-order valence-electron chi connectivity index (χ1n) is 6.57. The van der Waals surface area contributed by atoms with E-state index in [0.29, 0.717) is 25.8 Å². The van der Waals surface area contributed by atoms with Crippen molar-refractivity contribution >= 4 is 17.6 Å².